The van der Waals surface area contributed by atoms with Crippen LogP contribution in [0, 0.1) is 5.92 Å². The van der Waals surface area contributed by atoms with Gasteiger partial charge in [0.25, 0.3) is 5.91 Å². The second-order valence-corrected chi connectivity index (χ2v) is 4.62. The molecule has 0 aliphatic carbocycles. The van der Waals surface area contributed by atoms with Gasteiger partial charge in [0.05, 0.1) is 17.5 Å². The highest BCUT2D eigenvalue weighted by atomic mass is 16.4. The molecule has 1 aromatic rings. The summed E-state index contributed by atoms with van der Waals surface area (Å²) in [5.74, 6) is 0.442. The Morgan fingerprint density at radius 3 is 2.95 bits per heavy atom. The van der Waals surface area contributed by atoms with Crippen molar-refractivity contribution in [3.63, 3.8) is 0 Å². The summed E-state index contributed by atoms with van der Waals surface area (Å²) in [6, 6.07) is 3.31. The summed E-state index contributed by atoms with van der Waals surface area (Å²) in [6.07, 6.45) is 4.90. The van der Waals surface area contributed by atoms with Crippen LogP contribution in [0.4, 0.5) is 0 Å². The third kappa shape index (κ3) is 4.03. The molecule has 1 aromatic heterocycles. The Hall–Kier alpha value is -1.95. The summed E-state index contributed by atoms with van der Waals surface area (Å²) in [4.78, 5) is 15.9. The molecular weight excluding hydrogens is 244 g/mol. The second-order valence-electron chi connectivity index (χ2n) is 4.62. The highest BCUT2D eigenvalue weighted by molar-refractivity contribution is 5.94. The lowest BCUT2D eigenvalue weighted by molar-refractivity contribution is 0.0944. The highest BCUT2D eigenvalue weighted by Gasteiger charge is 2.14. The van der Waals surface area contributed by atoms with Gasteiger partial charge in [-0.2, -0.15) is 0 Å². The van der Waals surface area contributed by atoms with E-state index in [4.69, 9.17) is 5.21 Å². The molecule has 6 nitrogen and oxygen atoms in total. The van der Waals surface area contributed by atoms with Crippen LogP contribution in [-0.4, -0.2) is 41.9 Å². The van der Waals surface area contributed by atoms with Crippen LogP contribution in [0.3, 0.4) is 0 Å². The Kier molecular flexibility index (Phi) is 4.85. The number of aromatic nitrogens is 1. The smallest absolute Gasteiger partial charge is 0.252 e. The Morgan fingerprint density at radius 1 is 1.53 bits per heavy atom. The summed E-state index contributed by atoms with van der Waals surface area (Å²) in [5, 5.41) is 17.5. The van der Waals surface area contributed by atoms with Crippen molar-refractivity contribution >= 4 is 12.1 Å². The van der Waals surface area contributed by atoms with Crippen molar-refractivity contribution in [2.24, 2.45) is 11.1 Å². The highest BCUT2D eigenvalue weighted by Crippen LogP contribution is 2.10. The summed E-state index contributed by atoms with van der Waals surface area (Å²) < 4.78 is 0. The molecule has 2 heterocycles. The molecule has 0 radical (unpaired) electrons. The van der Waals surface area contributed by atoms with E-state index in [2.05, 4.69) is 20.8 Å². The molecule has 19 heavy (non-hydrogen) atoms. The van der Waals surface area contributed by atoms with Gasteiger partial charge in [-0.05, 0) is 44.0 Å². The van der Waals surface area contributed by atoms with Crippen LogP contribution in [0.5, 0.6) is 0 Å². The number of carbonyl (C=O) groups excluding carboxylic acids is 1. The molecule has 0 aromatic carbocycles. The average molecular weight is 262 g/mol. The third-order valence-corrected chi connectivity index (χ3v) is 3.25. The van der Waals surface area contributed by atoms with E-state index >= 15 is 0 Å². The first-order chi connectivity index (χ1) is 9.29. The number of carbonyl (C=O) groups is 1. The second kappa shape index (κ2) is 6.84. The zero-order chi connectivity index (χ0) is 13.5. The maximum Gasteiger partial charge on any atom is 0.252 e. The zero-order valence-electron chi connectivity index (χ0n) is 10.7. The van der Waals surface area contributed by atoms with Crippen LogP contribution in [0.2, 0.25) is 0 Å². The zero-order valence-corrected chi connectivity index (χ0v) is 10.7. The topological polar surface area (TPSA) is 86.6 Å². The quantitative estimate of drug-likeness (QED) is 0.422. The molecule has 0 saturated carbocycles. The summed E-state index contributed by atoms with van der Waals surface area (Å²) in [5.41, 5.74) is 1.03. The average Bonchev–Trinajstić information content (AvgIpc) is 2.47. The number of amides is 1. The number of nitrogens with zero attached hydrogens (tertiary/aromatic N) is 2. The van der Waals surface area contributed by atoms with Crippen molar-refractivity contribution in [2.75, 3.05) is 19.6 Å². The molecule has 3 N–H and O–H groups in total. The number of hydrogen-bond acceptors (Lipinski definition) is 5. The molecule has 0 spiro atoms. The van der Waals surface area contributed by atoms with Crippen molar-refractivity contribution in [1.29, 1.82) is 0 Å². The fourth-order valence-corrected chi connectivity index (χ4v) is 2.10. The van der Waals surface area contributed by atoms with Crippen LogP contribution in [0.25, 0.3) is 0 Å². The van der Waals surface area contributed by atoms with Gasteiger partial charge in [-0.3, -0.25) is 9.78 Å². The minimum atomic E-state index is -0.112. The fourth-order valence-electron chi connectivity index (χ4n) is 2.10. The van der Waals surface area contributed by atoms with Gasteiger partial charge in [0, 0.05) is 12.7 Å². The Bertz CT molecular complexity index is 438. The predicted octanol–water partition coefficient (Wildman–Crippen LogP) is 0.619. The van der Waals surface area contributed by atoms with Crippen molar-refractivity contribution in [2.45, 2.75) is 12.8 Å². The molecule has 0 unspecified atom stereocenters. The monoisotopic (exact) mass is 262 g/mol. The first-order valence-electron chi connectivity index (χ1n) is 6.42. The molecule has 1 amide bonds. The maximum atomic E-state index is 11.9. The molecule has 6 heteroatoms. The van der Waals surface area contributed by atoms with Gasteiger partial charge < -0.3 is 15.8 Å². The number of piperidine rings is 1. The summed E-state index contributed by atoms with van der Waals surface area (Å²) in [6.45, 7) is 2.76. The van der Waals surface area contributed by atoms with Crippen molar-refractivity contribution < 1.29 is 10.0 Å². The van der Waals surface area contributed by atoms with Crippen LogP contribution in [0.1, 0.15) is 28.9 Å². The molecule has 1 aliphatic heterocycles. The van der Waals surface area contributed by atoms with Crippen LogP contribution < -0.4 is 10.6 Å². The number of pyridine rings is 1. The minimum absolute atomic E-state index is 0.112. The molecule has 1 fully saturated rings. The van der Waals surface area contributed by atoms with Gasteiger partial charge >= 0.3 is 0 Å². The van der Waals surface area contributed by atoms with Crippen LogP contribution >= 0.6 is 0 Å². The molecule has 1 saturated heterocycles. The SMILES string of the molecule is O=C(NCC1CCNCC1)c1ccc(C=NO)nc1. The lowest BCUT2D eigenvalue weighted by Crippen LogP contribution is -2.36. The van der Waals surface area contributed by atoms with E-state index in [1.165, 1.54) is 12.4 Å². The maximum absolute atomic E-state index is 11.9. The van der Waals surface area contributed by atoms with E-state index in [9.17, 15) is 4.79 Å². The van der Waals surface area contributed by atoms with Gasteiger partial charge in [-0.25, -0.2) is 0 Å². The van der Waals surface area contributed by atoms with E-state index in [1.807, 2.05) is 0 Å². The normalized spacial score (nSPS) is 16.6. The van der Waals surface area contributed by atoms with Gasteiger partial charge in [0.15, 0.2) is 0 Å². The van der Waals surface area contributed by atoms with Gasteiger partial charge in [-0.15, -0.1) is 0 Å². The molecule has 0 atom stereocenters. The lowest BCUT2D eigenvalue weighted by atomic mass is 9.98. The Balaban J connectivity index is 1.85. The van der Waals surface area contributed by atoms with Gasteiger partial charge in [0.2, 0.25) is 0 Å². The molecule has 0 bridgehead atoms. The fraction of sp³-hybridized carbons (Fsp3) is 0.462. The number of oxime groups is 1. The minimum Gasteiger partial charge on any atom is -0.411 e. The van der Waals surface area contributed by atoms with E-state index in [0.717, 1.165) is 25.9 Å². The Labute approximate surface area is 111 Å². The van der Waals surface area contributed by atoms with Crippen LogP contribution in [-0.2, 0) is 0 Å². The van der Waals surface area contributed by atoms with Crippen molar-refractivity contribution in [3.05, 3.63) is 29.6 Å². The number of nitrogens with one attached hydrogen (secondary N) is 2. The standard InChI is InChI=1S/C13H18N4O2/c18-13(16-7-10-3-5-14-6-4-10)11-1-2-12(9-17-19)15-8-11/h1-2,8-10,14,19H,3-7H2,(H,16,18). The Morgan fingerprint density at radius 2 is 2.32 bits per heavy atom. The number of hydrogen-bond donors (Lipinski definition) is 3. The van der Waals surface area contributed by atoms with Crippen molar-refractivity contribution in [1.82, 2.24) is 15.6 Å². The molecule has 1 aliphatic rings. The van der Waals surface area contributed by atoms with Gasteiger partial charge in [-0.1, -0.05) is 5.16 Å². The molecule has 2 rings (SSSR count). The summed E-state index contributed by atoms with van der Waals surface area (Å²) in [7, 11) is 0. The number of rotatable bonds is 4. The first kappa shape index (κ1) is 13.5. The largest absolute Gasteiger partial charge is 0.411 e. The molecule has 102 valence electrons. The van der Waals surface area contributed by atoms with E-state index < -0.39 is 0 Å². The summed E-state index contributed by atoms with van der Waals surface area (Å²) >= 11 is 0. The molecular formula is C13H18N4O2. The van der Waals surface area contributed by atoms with Gasteiger partial charge in [0.1, 0.15) is 0 Å². The van der Waals surface area contributed by atoms with Crippen LogP contribution in [0.15, 0.2) is 23.5 Å². The lowest BCUT2D eigenvalue weighted by Gasteiger charge is -2.22. The van der Waals surface area contributed by atoms with E-state index in [1.54, 1.807) is 12.1 Å². The first-order valence-corrected chi connectivity index (χ1v) is 6.42. The van der Waals surface area contributed by atoms with E-state index in [-0.39, 0.29) is 5.91 Å². The van der Waals surface area contributed by atoms with E-state index in [0.29, 0.717) is 23.7 Å². The predicted molar refractivity (Wildman–Crippen MR) is 71.5 cm³/mol. The van der Waals surface area contributed by atoms with Crippen molar-refractivity contribution in [3.8, 4) is 0 Å². The third-order valence-electron chi connectivity index (χ3n) is 3.25.